The number of nitrogens with zero attached hydrogens (tertiary/aromatic N) is 5. The molecule has 3 fully saturated rings. The third-order valence-electron chi connectivity index (χ3n) is 14.7. The molecule has 0 bridgehead atoms. The Hall–Kier alpha value is -5.43. The lowest BCUT2D eigenvalue weighted by Gasteiger charge is -2.34. The largest absolute Gasteiger partial charge is 0.386 e. The fourth-order valence-corrected chi connectivity index (χ4v) is 10.2. The molecule has 74 heavy (non-hydrogen) atoms. The molecule has 0 atom stereocenters. The molecule has 3 aromatic rings. The van der Waals surface area contributed by atoms with E-state index in [1.807, 2.05) is 57.9 Å². The summed E-state index contributed by atoms with van der Waals surface area (Å²) >= 11 is 0. The summed E-state index contributed by atoms with van der Waals surface area (Å²) in [5, 5.41) is 9.71. The van der Waals surface area contributed by atoms with E-state index < -0.39 is 0 Å². The number of halogens is 2. The number of pyridine rings is 1. The van der Waals surface area contributed by atoms with Gasteiger partial charge >= 0.3 is 0 Å². The van der Waals surface area contributed by atoms with Gasteiger partial charge in [-0.25, -0.2) is 8.78 Å². The van der Waals surface area contributed by atoms with Crippen LogP contribution in [-0.2, 0) is 17.8 Å². The highest BCUT2D eigenvalue weighted by Gasteiger charge is 2.29. The zero-order valence-corrected chi connectivity index (χ0v) is 47.0. The number of aromatic nitrogens is 1. The molecule has 12 heteroatoms. The summed E-state index contributed by atoms with van der Waals surface area (Å²) in [5.41, 5.74) is 11.0. The van der Waals surface area contributed by atoms with Gasteiger partial charge in [-0.3, -0.25) is 14.7 Å². The minimum absolute atomic E-state index is 0.0472. The van der Waals surface area contributed by atoms with Crippen molar-refractivity contribution in [2.45, 2.75) is 131 Å². The lowest BCUT2D eigenvalue weighted by molar-refractivity contribution is -0.107. The quantitative estimate of drug-likeness (QED) is 0.0581. The number of rotatable bonds is 20. The van der Waals surface area contributed by atoms with Crippen molar-refractivity contribution < 1.29 is 18.4 Å². The number of likely N-dealkylation sites (tertiary alicyclic amines) is 2. The first-order chi connectivity index (χ1) is 35.7. The predicted octanol–water partition coefficient (Wildman–Crippen LogP) is 12.6. The highest BCUT2D eigenvalue weighted by Crippen LogP contribution is 2.36. The fourth-order valence-electron chi connectivity index (χ4n) is 10.2. The highest BCUT2D eigenvalue weighted by atomic mass is 19.1. The number of allylic oxidation sites excluding steroid dienone is 3. The Balaban J connectivity index is 0.000000427. The van der Waals surface area contributed by atoms with Crippen LogP contribution < -0.4 is 25.8 Å². The molecular weight excluding hydrogens is 927 g/mol. The van der Waals surface area contributed by atoms with Crippen LogP contribution in [0.1, 0.15) is 148 Å². The van der Waals surface area contributed by atoms with Crippen molar-refractivity contribution in [3.8, 4) is 0 Å². The van der Waals surface area contributed by atoms with E-state index >= 15 is 4.39 Å². The summed E-state index contributed by atoms with van der Waals surface area (Å²) in [5.74, 6) is 1.01. The molecule has 1 aliphatic carbocycles. The third kappa shape index (κ3) is 18.2. The van der Waals surface area contributed by atoms with Gasteiger partial charge in [-0.05, 0) is 176 Å². The molecule has 0 unspecified atom stereocenters. The number of hydrogen-bond acceptors (Lipinski definition) is 9. The van der Waals surface area contributed by atoms with Crippen LogP contribution in [0.5, 0.6) is 0 Å². The average molecular weight is 1020 g/mol. The molecule has 4 aliphatic rings. The van der Waals surface area contributed by atoms with Gasteiger partial charge in [0.2, 0.25) is 0 Å². The number of piperidine rings is 2. The molecule has 10 nitrogen and oxygen atoms in total. The third-order valence-corrected chi connectivity index (χ3v) is 14.7. The molecule has 1 saturated carbocycles. The number of carbonyl (C=O) groups is 2. The van der Waals surface area contributed by atoms with Crippen LogP contribution in [-0.4, -0.2) is 101 Å². The number of aldehydes is 1. The summed E-state index contributed by atoms with van der Waals surface area (Å²) in [6.07, 6.45) is 22.7. The summed E-state index contributed by atoms with van der Waals surface area (Å²) < 4.78 is 30.5. The van der Waals surface area contributed by atoms with Gasteiger partial charge in [0.25, 0.3) is 5.91 Å². The first-order valence-corrected chi connectivity index (χ1v) is 27.6. The molecule has 406 valence electrons. The Morgan fingerprint density at radius 3 is 2.26 bits per heavy atom. The van der Waals surface area contributed by atoms with E-state index in [0.29, 0.717) is 29.3 Å². The molecule has 3 aliphatic heterocycles. The van der Waals surface area contributed by atoms with Crippen molar-refractivity contribution in [2.24, 2.45) is 11.8 Å². The summed E-state index contributed by atoms with van der Waals surface area (Å²) in [6, 6.07) is 12.0. The maximum Gasteiger partial charge on any atom is 0.253 e. The molecule has 4 heterocycles. The van der Waals surface area contributed by atoms with Gasteiger partial charge in [0.15, 0.2) is 5.83 Å². The topological polar surface area (TPSA) is 96.1 Å². The first kappa shape index (κ1) is 61.1. The predicted molar refractivity (Wildman–Crippen MR) is 308 cm³/mol. The van der Waals surface area contributed by atoms with Gasteiger partial charge in [-0.2, -0.15) is 0 Å². The van der Waals surface area contributed by atoms with E-state index in [4.69, 9.17) is 0 Å². The van der Waals surface area contributed by atoms with Crippen LogP contribution >= 0.6 is 0 Å². The van der Waals surface area contributed by atoms with Gasteiger partial charge in [0.05, 0.1) is 11.4 Å². The molecule has 0 radical (unpaired) electrons. The molecule has 1 aromatic heterocycles. The zero-order valence-electron chi connectivity index (χ0n) is 47.0. The van der Waals surface area contributed by atoms with Crippen LogP contribution in [0.4, 0.5) is 20.2 Å². The summed E-state index contributed by atoms with van der Waals surface area (Å²) in [7, 11) is 7.85. The van der Waals surface area contributed by atoms with E-state index in [0.717, 1.165) is 138 Å². The van der Waals surface area contributed by atoms with E-state index in [9.17, 15) is 14.0 Å². The molecular formula is C62H92F2N8O2. The Morgan fingerprint density at radius 2 is 1.66 bits per heavy atom. The van der Waals surface area contributed by atoms with Crippen LogP contribution in [0.15, 0.2) is 96.9 Å². The van der Waals surface area contributed by atoms with Gasteiger partial charge in [0.1, 0.15) is 12.1 Å². The first-order valence-electron chi connectivity index (χ1n) is 27.6. The Bertz CT molecular complexity index is 2320. The van der Waals surface area contributed by atoms with Crippen LogP contribution in [0.25, 0.3) is 6.08 Å². The number of amides is 1. The number of anilines is 2. The minimum atomic E-state index is -0.352. The second kappa shape index (κ2) is 32.1. The number of benzene rings is 2. The van der Waals surface area contributed by atoms with E-state index in [1.165, 1.54) is 60.3 Å². The lowest BCUT2D eigenvalue weighted by atomic mass is 9.83. The molecule has 0 spiro atoms. The van der Waals surface area contributed by atoms with Gasteiger partial charge in [-0.1, -0.05) is 76.5 Å². The second-order valence-electron chi connectivity index (χ2n) is 20.4. The van der Waals surface area contributed by atoms with E-state index in [2.05, 4.69) is 96.1 Å². The lowest BCUT2D eigenvalue weighted by Crippen LogP contribution is -2.41. The number of carbonyl (C=O) groups excluding carboxylic acids is 2. The highest BCUT2D eigenvalue weighted by molar-refractivity contribution is 5.94. The van der Waals surface area contributed by atoms with Crippen LogP contribution in [0.2, 0.25) is 0 Å². The molecule has 2 aromatic carbocycles. The normalized spacial score (nSPS) is 16.5. The van der Waals surface area contributed by atoms with Crippen LogP contribution in [0.3, 0.4) is 0 Å². The summed E-state index contributed by atoms with van der Waals surface area (Å²) in [6.45, 7) is 26.9. The van der Waals surface area contributed by atoms with Crippen molar-refractivity contribution in [1.82, 2.24) is 30.7 Å². The van der Waals surface area contributed by atoms with E-state index in [-0.39, 0.29) is 23.5 Å². The molecule has 3 N–H and O–H groups in total. The number of nitrogens with one attached hydrogen (secondary N) is 3. The zero-order chi connectivity index (χ0) is 54.2. The Kier molecular flexibility index (Phi) is 26.5. The van der Waals surface area contributed by atoms with Crippen molar-refractivity contribution in [3.05, 3.63) is 142 Å². The van der Waals surface area contributed by atoms with Crippen molar-refractivity contribution in [2.75, 3.05) is 83.8 Å². The number of unbranched alkanes of at least 4 members (excludes halogenated alkanes) is 2. The number of aryl methyl sites for hydroxylation is 3. The maximum absolute atomic E-state index is 15.8. The average Bonchev–Trinajstić information content (AvgIpc) is 3.38. The standard InChI is InChI=1S/C42H56F2N6O.C12H20N2.C6H10O.C2H6/c1-28(21-36-31(4)47-16-10-40(36)50-27-38(44)39(45-5)23-30(50)3)26-48-17-13-34(14-18-48)41-29(2)22-35(24-37(41)43)42(51)49-19-11-33(12-20-49)25-46-15-9-32-7-6-8-32;1-5-10-6-7-11(9-13-2)12(8-10)14(3)4;1-2-3-4-5-6-7;1-2/h10,16,21-24,27,32-34,45-46H,3,6-9,11-15,17-20,25-26H2,1-2,4-5H3;6-8,13H,5,9H2,1-4H3;2,6H,1,3-5H2;1-2H3/b28-21+;;;. The number of hydrogen-bond donors (Lipinski definition) is 3. The maximum atomic E-state index is 15.8. The van der Waals surface area contributed by atoms with Crippen molar-refractivity contribution in [3.63, 3.8) is 0 Å². The monoisotopic (exact) mass is 1020 g/mol. The van der Waals surface area contributed by atoms with Crippen LogP contribution in [0, 0.1) is 31.5 Å². The minimum Gasteiger partial charge on any atom is -0.386 e. The molecule has 7 rings (SSSR count). The van der Waals surface area contributed by atoms with Crippen molar-refractivity contribution >= 4 is 29.6 Å². The molecule has 1 amide bonds. The summed E-state index contributed by atoms with van der Waals surface area (Å²) in [4.78, 5) is 35.9. The second-order valence-corrected chi connectivity index (χ2v) is 20.4. The number of likely N-dealkylation sites (N-methyl/N-ethyl adjacent to an activating group) is 1. The Labute approximate surface area is 445 Å². The van der Waals surface area contributed by atoms with Gasteiger partial charge in [-0.15, -0.1) is 6.58 Å². The Morgan fingerprint density at radius 1 is 0.946 bits per heavy atom. The smallest absolute Gasteiger partial charge is 0.253 e. The van der Waals surface area contributed by atoms with E-state index in [1.54, 1.807) is 24.2 Å². The van der Waals surface area contributed by atoms with Gasteiger partial charge < -0.3 is 35.4 Å². The fraction of sp³-hybridized carbons (Fsp3) is 0.532. The molecule has 2 saturated heterocycles. The SMILES string of the molecule is C=C1C=C(NC)C(F)=CN1c1ccnc(C)c1/C=C(\C)CN1CCC(c2c(C)cc(C(=O)N3CCC(CNCCC4CCC4)CC3)cc2F)CC1.C=CCCCC=O.CC.CCc1ccc(CNC)c(N(C)C)c1. The van der Waals surface area contributed by atoms with Gasteiger partial charge in [0, 0.05) is 94.3 Å². The van der Waals surface area contributed by atoms with Crippen molar-refractivity contribution in [1.29, 1.82) is 0 Å².